The summed E-state index contributed by atoms with van der Waals surface area (Å²) >= 11 is 0. The van der Waals surface area contributed by atoms with E-state index in [0.29, 0.717) is 6.17 Å². The van der Waals surface area contributed by atoms with E-state index >= 15 is 0 Å². The van der Waals surface area contributed by atoms with Crippen LogP contribution in [0.5, 0.6) is 0 Å². The SMILES string of the molecule is CC(C)(C)OC(=O)N1CCN(C2CCC(N)N2)CC1. The molecule has 1 amide bonds. The molecule has 2 saturated heterocycles. The van der Waals surface area contributed by atoms with Crippen molar-refractivity contribution in [3.63, 3.8) is 0 Å². The molecule has 0 aliphatic carbocycles. The van der Waals surface area contributed by atoms with Crippen LogP contribution in [0.1, 0.15) is 33.6 Å². The lowest BCUT2D eigenvalue weighted by Crippen LogP contribution is -2.56. The fourth-order valence-corrected chi connectivity index (χ4v) is 2.58. The molecule has 6 nitrogen and oxygen atoms in total. The Morgan fingerprint density at radius 2 is 1.84 bits per heavy atom. The van der Waals surface area contributed by atoms with Gasteiger partial charge in [-0.15, -0.1) is 0 Å². The third-order valence-electron chi connectivity index (χ3n) is 3.56. The van der Waals surface area contributed by atoms with Gasteiger partial charge in [-0.1, -0.05) is 0 Å². The van der Waals surface area contributed by atoms with E-state index in [1.807, 2.05) is 20.8 Å². The summed E-state index contributed by atoms with van der Waals surface area (Å²) in [4.78, 5) is 16.1. The van der Waals surface area contributed by atoms with Crippen molar-refractivity contribution < 1.29 is 9.53 Å². The number of rotatable bonds is 1. The summed E-state index contributed by atoms with van der Waals surface area (Å²) in [6, 6.07) is 0. The fraction of sp³-hybridized carbons (Fsp3) is 0.923. The molecule has 2 unspecified atom stereocenters. The average molecular weight is 270 g/mol. The summed E-state index contributed by atoms with van der Waals surface area (Å²) in [5, 5.41) is 3.37. The van der Waals surface area contributed by atoms with Crippen LogP contribution in [0.2, 0.25) is 0 Å². The second-order valence-electron chi connectivity index (χ2n) is 6.37. The average Bonchev–Trinajstić information content (AvgIpc) is 2.74. The van der Waals surface area contributed by atoms with Gasteiger partial charge < -0.3 is 15.4 Å². The van der Waals surface area contributed by atoms with Crippen molar-refractivity contribution in [2.24, 2.45) is 5.73 Å². The standard InChI is InChI=1S/C13H26N4O2/c1-13(2,3)19-12(18)17-8-6-16(7-9-17)11-5-4-10(14)15-11/h10-11,15H,4-9,14H2,1-3H3. The highest BCUT2D eigenvalue weighted by atomic mass is 16.6. The van der Waals surface area contributed by atoms with Crippen molar-refractivity contribution in [3.8, 4) is 0 Å². The summed E-state index contributed by atoms with van der Waals surface area (Å²) in [5.41, 5.74) is 5.43. The maximum Gasteiger partial charge on any atom is 0.410 e. The molecule has 6 heteroatoms. The molecular formula is C13H26N4O2. The zero-order chi connectivity index (χ0) is 14.0. The van der Waals surface area contributed by atoms with Crippen molar-refractivity contribution in [3.05, 3.63) is 0 Å². The maximum absolute atomic E-state index is 11.9. The van der Waals surface area contributed by atoms with Gasteiger partial charge in [-0.2, -0.15) is 0 Å². The molecule has 2 aliphatic rings. The number of carbonyl (C=O) groups excluding carboxylic acids is 1. The van der Waals surface area contributed by atoms with Crippen LogP contribution >= 0.6 is 0 Å². The Hall–Kier alpha value is -0.850. The summed E-state index contributed by atoms with van der Waals surface area (Å²) in [6.07, 6.45) is 2.40. The lowest BCUT2D eigenvalue weighted by molar-refractivity contribution is 0.00923. The molecule has 0 spiro atoms. The van der Waals surface area contributed by atoms with Gasteiger partial charge in [0.15, 0.2) is 0 Å². The maximum atomic E-state index is 11.9. The van der Waals surface area contributed by atoms with Crippen LogP contribution in [0.4, 0.5) is 4.79 Å². The van der Waals surface area contributed by atoms with E-state index in [0.717, 1.165) is 39.0 Å². The molecular weight excluding hydrogens is 244 g/mol. The molecule has 2 heterocycles. The van der Waals surface area contributed by atoms with Gasteiger partial charge in [0.25, 0.3) is 0 Å². The van der Waals surface area contributed by atoms with E-state index in [4.69, 9.17) is 10.5 Å². The van der Waals surface area contributed by atoms with Gasteiger partial charge in [0, 0.05) is 26.2 Å². The highest BCUT2D eigenvalue weighted by Gasteiger charge is 2.31. The first-order valence-corrected chi connectivity index (χ1v) is 7.09. The largest absolute Gasteiger partial charge is 0.444 e. The van der Waals surface area contributed by atoms with E-state index in [2.05, 4.69) is 10.2 Å². The number of nitrogens with one attached hydrogen (secondary N) is 1. The van der Waals surface area contributed by atoms with E-state index in [9.17, 15) is 4.79 Å². The Kier molecular flexibility index (Phi) is 4.32. The van der Waals surface area contributed by atoms with Crippen LogP contribution in [0, 0.1) is 0 Å². The minimum absolute atomic E-state index is 0.119. The lowest BCUT2D eigenvalue weighted by Gasteiger charge is -2.38. The normalized spacial score (nSPS) is 29.6. The van der Waals surface area contributed by atoms with E-state index in [1.165, 1.54) is 0 Å². The molecule has 0 radical (unpaired) electrons. The molecule has 0 bridgehead atoms. The molecule has 0 saturated carbocycles. The molecule has 19 heavy (non-hydrogen) atoms. The predicted octanol–water partition coefficient (Wildman–Crippen LogP) is 0.533. The number of hydrogen-bond donors (Lipinski definition) is 2. The monoisotopic (exact) mass is 270 g/mol. The smallest absolute Gasteiger partial charge is 0.410 e. The zero-order valence-corrected chi connectivity index (χ0v) is 12.2. The quantitative estimate of drug-likeness (QED) is 0.727. The number of amides is 1. The number of ether oxygens (including phenoxy) is 1. The first kappa shape index (κ1) is 14.6. The van der Waals surface area contributed by atoms with Crippen LogP contribution < -0.4 is 11.1 Å². The number of piperazine rings is 1. The summed E-state index contributed by atoms with van der Waals surface area (Å²) in [5.74, 6) is 0. The van der Waals surface area contributed by atoms with Crippen molar-refractivity contribution >= 4 is 6.09 Å². The van der Waals surface area contributed by atoms with Gasteiger partial charge in [0.05, 0.1) is 12.3 Å². The zero-order valence-electron chi connectivity index (χ0n) is 12.2. The molecule has 3 N–H and O–H groups in total. The summed E-state index contributed by atoms with van der Waals surface area (Å²) < 4.78 is 5.39. The Morgan fingerprint density at radius 1 is 1.21 bits per heavy atom. The highest BCUT2D eigenvalue weighted by Crippen LogP contribution is 2.17. The number of carbonyl (C=O) groups is 1. The molecule has 0 aromatic heterocycles. The van der Waals surface area contributed by atoms with E-state index in [1.54, 1.807) is 4.90 Å². The highest BCUT2D eigenvalue weighted by molar-refractivity contribution is 5.68. The third-order valence-corrected chi connectivity index (χ3v) is 3.56. The topological polar surface area (TPSA) is 70.8 Å². The second kappa shape index (κ2) is 5.64. The Balaban J connectivity index is 1.77. The van der Waals surface area contributed by atoms with E-state index in [-0.39, 0.29) is 12.3 Å². The molecule has 0 aromatic rings. The predicted molar refractivity (Wildman–Crippen MR) is 73.5 cm³/mol. The first-order chi connectivity index (χ1) is 8.85. The van der Waals surface area contributed by atoms with Crippen LogP contribution in [0.15, 0.2) is 0 Å². The molecule has 2 fully saturated rings. The summed E-state index contributed by atoms with van der Waals surface area (Å²) in [6.45, 7) is 8.89. The van der Waals surface area contributed by atoms with E-state index < -0.39 is 5.60 Å². The van der Waals surface area contributed by atoms with Crippen molar-refractivity contribution in [2.75, 3.05) is 26.2 Å². The lowest BCUT2D eigenvalue weighted by atomic mass is 10.2. The fourth-order valence-electron chi connectivity index (χ4n) is 2.58. The van der Waals surface area contributed by atoms with Crippen LogP contribution in [-0.2, 0) is 4.74 Å². The second-order valence-corrected chi connectivity index (χ2v) is 6.37. The van der Waals surface area contributed by atoms with Gasteiger partial charge in [-0.25, -0.2) is 4.79 Å². The number of nitrogens with zero attached hydrogens (tertiary/aromatic N) is 2. The third kappa shape index (κ3) is 4.06. The van der Waals surface area contributed by atoms with Crippen molar-refractivity contribution in [1.29, 1.82) is 0 Å². The molecule has 2 aliphatic heterocycles. The van der Waals surface area contributed by atoms with Gasteiger partial charge in [0.1, 0.15) is 5.60 Å². The Morgan fingerprint density at radius 3 is 2.32 bits per heavy atom. The number of hydrogen-bond acceptors (Lipinski definition) is 5. The first-order valence-electron chi connectivity index (χ1n) is 7.09. The minimum Gasteiger partial charge on any atom is -0.444 e. The van der Waals surface area contributed by atoms with Crippen molar-refractivity contribution in [1.82, 2.24) is 15.1 Å². The number of nitrogens with two attached hydrogens (primary N) is 1. The molecule has 2 atom stereocenters. The van der Waals surface area contributed by atoms with Crippen LogP contribution in [0.25, 0.3) is 0 Å². The van der Waals surface area contributed by atoms with Crippen LogP contribution in [0.3, 0.4) is 0 Å². The Labute approximate surface area is 115 Å². The van der Waals surface area contributed by atoms with Gasteiger partial charge in [0.2, 0.25) is 0 Å². The van der Waals surface area contributed by atoms with Gasteiger partial charge >= 0.3 is 6.09 Å². The molecule has 0 aromatic carbocycles. The minimum atomic E-state index is -0.423. The summed E-state index contributed by atoms with van der Waals surface area (Å²) in [7, 11) is 0. The molecule has 2 rings (SSSR count). The van der Waals surface area contributed by atoms with Gasteiger partial charge in [-0.05, 0) is 33.6 Å². The Bertz CT molecular complexity index is 321. The van der Waals surface area contributed by atoms with Crippen molar-refractivity contribution in [2.45, 2.75) is 51.5 Å². The van der Waals surface area contributed by atoms with Crippen LogP contribution in [-0.4, -0.2) is 60.0 Å². The molecule has 110 valence electrons. The van der Waals surface area contributed by atoms with Gasteiger partial charge in [-0.3, -0.25) is 10.2 Å².